The van der Waals surface area contributed by atoms with Gasteiger partial charge < -0.3 is 15.0 Å². The number of carbonyl (C=O) groups is 1. The monoisotopic (exact) mass is 497 g/mol. The van der Waals surface area contributed by atoms with Crippen molar-refractivity contribution in [2.24, 2.45) is 4.99 Å². The molecule has 4 aromatic rings. The van der Waals surface area contributed by atoms with Crippen molar-refractivity contribution in [2.75, 3.05) is 31.6 Å². The molecule has 0 bridgehead atoms. The Hall–Kier alpha value is -4.50. The third kappa shape index (κ3) is 5.07. The lowest BCUT2D eigenvalue weighted by Crippen LogP contribution is -2.37. The summed E-state index contributed by atoms with van der Waals surface area (Å²) in [6.45, 7) is 2.32. The molecule has 2 N–H and O–H groups in total. The largest absolute Gasteiger partial charge is 0.494 e. The SMILES string of the molecule is CN(C(=O)CN1CCCC1)c1ccc(N=C(c2ccccc2)c2c(O)[nH]c3ccc([N+](=O)[O-])cc23)cc1. The first-order valence-electron chi connectivity index (χ1n) is 12.1. The quantitative estimate of drug-likeness (QED) is 0.212. The molecule has 0 saturated carbocycles. The number of fused-ring (bicyclic) bond motifs is 1. The third-order valence-electron chi connectivity index (χ3n) is 6.67. The third-order valence-corrected chi connectivity index (χ3v) is 6.67. The van der Waals surface area contributed by atoms with Crippen LogP contribution in [-0.2, 0) is 4.79 Å². The molecule has 5 rings (SSSR count). The van der Waals surface area contributed by atoms with Crippen molar-refractivity contribution in [3.05, 3.63) is 94.0 Å². The Labute approximate surface area is 213 Å². The van der Waals surface area contributed by atoms with Crippen molar-refractivity contribution in [2.45, 2.75) is 12.8 Å². The number of nitrogens with zero attached hydrogens (tertiary/aromatic N) is 4. The van der Waals surface area contributed by atoms with E-state index in [1.54, 1.807) is 18.0 Å². The topological polar surface area (TPSA) is 115 Å². The summed E-state index contributed by atoms with van der Waals surface area (Å²) in [7, 11) is 1.77. The maximum Gasteiger partial charge on any atom is 0.270 e. The van der Waals surface area contributed by atoms with Crippen molar-refractivity contribution in [3.8, 4) is 5.88 Å². The zero-order valence-electron chi connectivity index (χ0n) is 20.4. The van der Waals surface area contributed by atoms with Gasteiger partial charge in [0.25, 0.3) is 5.69 Å². The number of non-ortho nitro benzene ring substituents is 1. The number of benzene rings is 3. The van der Waals surface area contributed by atoms with Gasteiger partial charge >= 0.3 is 0 Å². The van der Waals surface area contributed by atoms with E-state index >= 15 is 0 Å². The number of anilines is 1. The number of H-pyrrole nitrogens is 1. The number of carbonyl (C=O) groups excluding carboxylic acids is 1. The van der Waals surface area contributed by atoms with Gasteiger partial charge in [-0.2, -0.15) is 0 Å². The Morgan fingerprint density at radius 1 is 1.08 bits per heavy atom. The van der Waals surface area contributed by atoms with E-state index in [1.807, 2.05) is 54.6 Å². The standard InChI is InChI=1S/C28H27N5O4/c1-31(25(34)18-32-15-5-6-16-32)21-11-9-20(10-12-21)29-27(19-7-3-2-4-8-19)26-23-17-22(33(36)37)13-14-24(23)30-28(26)35/h2-4,7-14,17,30,35H,5-6,15-16,18H2,1H3. The van der Waals surface area contributed by atoms with Crippen molar-refractivity contribution < 1.29 is 14.8 Å². The van der Waals surface area contributed by atoms with Gasteiger partial charge in [0.2, 0.25) is 5.91 Å². The molecule has 1 fully saturated rings. The number of hydrogen-bond donors (Lipinski definition) is 2. The summed E-state index contributed by atoms with van der Waals surface area (Å²) in [4.78, 5) is 35.2. The molecule has 0 unspecified atom stereocenters. The van der Waals surface area contributed by atoms with Gasteiger partial charge in [-0.3, -0.25) is 19.8 Å². The van der Waals surface area contributed by atoms with Crippen LogP contribution in [0.15, 0.2) is 77.8 Å². The number of nitrogens with one attached hydrogen (secondary N) is 1. The van der Waals surface area contributed by atoms with E-state index in [0.29, 0.717) is 34.4 Å². The molecule has 0 atom stereocenters. The fourth-order valence-corrected chi connectivity index (χ4v) is 4.64. The van der Waals surface area contributed by atoms with Crippen LogP contribution < -0.4 is 4.90 Å². The highest BCUT2D eigenvalue weighted by Crippen LogP contribution is 2.34. The molecule has 0 aliphatic carbocycles. The summed E-state index contributed by atoms with van der Waals surface area (Å²) >= 11 is 0. The van der Waals surface area contributed by atoms with E-state index in [1.165, 1.54) is 12.1 Å². The van der Waals surface area contributed by atoms with Crippen LogP contribution in [0.25, 0.3) is 10.9 Å². The molecule has 1 aromatic heterocycles. The highest BCUT2D eigenvalue weighted by molar-refractivity contribution is 6.22. The molecule has 2 heterocycles. The Morgan fingerprint density at radius 3 is 2.46 bits per heavy atom. The number of likely N-dealkylation sites (N-methyl/N-ethyl adjacent to an activating group) is 1. The lowest BCUT2D eigenvalue weighted by Gasteiger charge is -2.21. The summed E-state index contributed by atoms with van der Waals surface area (Å²) in [5, 5.41) is 22.7. The molecule has 0 radical (unpaired) electrons. The van der Waals surface area contributed by atoms with Crippen molar-refractivity contribution in [3.63, 3.8) is 0 Å². The first kappa shape index (κ1) is 24.2. The minimum atomic E-state index is -0.465. The lowest BCUT2D eigenvalue weighted by atomic mass is 10.0. The normalized spacial score (nSPS) is 14.2. The number of hydrogen-bond acceptors (Lipinski definition) is 6. The number of aliphatic imine (C=N–C) groups is 1. The molecule has 37 heavy (non-hydrogen) atoms. The number of amides is 1. The van der Waals surface area contributed by atoms with E-state index in [2.05, 4.69) is 9.88 Å². The Kier molecular flexibility index (Phi) is 6.70. The van der Waals surface area contributed by atoms with Crippen LogP contribution in [0.5, 0.6) is 5.88 Å². The summed E-state index contributed by atoms with van der Waals surface area (Å²) in [6, 6.07) is 21.0. The van der Waals surface area contributed by atoms with Crippen LogP contribution in [0.2, 0.25) is 0 Å². The molecule has 3 aromatic carbocycles. The first-order valence-corrected chi connectivity index (χ1v) is 12.1. The fraction of sp³-hybridized carbons (Fsp3) is 0.214. The fourth-order valence-electron chi connectivity index (χ4n) is 4.64. The Balaban J connectivity index is 1.51. The van der Waals surface area contributed by atoms with Crippen LogP contribution in [-0.4, -0.2) is 58.2 Å². The number of rotatable bonds is 7. The predicted octanol–water partition coefficient (Wildman–Crippen LogP) is 5.01. The molecule has 1 amide bonds. The first-order chi connectivity index (χ1) is 17.9. The van der Waals surface area contributed by atoms with Crippen LogP contribution in [0, 0.1) is 10.1 Å². The van der Waals surface area contributed by atoms with Gasteiger partial charge in [-0.25, -0.2) is 4.99 Å². The van der Waals surface area contributed by atoms with Crippen molar-refractivity contribution in [1.82, 2.24) is 9.88 Å². The van der Waals surface area contributed by atoms with Gasteiger partial charge in [0.1, 0.15) is 0 Å². The molecule has 1 aliphatic heterocycles. The molecular weight excluding hydrogens is 470 g/mol. The zero-order chi connectivity index (χ0) is 25.9. The predicted molar refractivity (Wildman–Crippen MR) is 144 cm³/mol. The highest BCUT2D eigenvalue weighted by atomic mass is 16.6. The smallest absolute Gasteiger partial charge is 0.270 e. The van der Waals surface area contributed by atoms with Gasteiger partial charge in [0.05, 0.1) is 28.4 Å². The second-order valence-electron chi connectivity index (χ2n) is 9.11. The van der Waals surface area contributed by atoms with E-state index in [9.17, 15) is 20.0 Å². The molecular formula is C28H27N5O4. The molecule has 1 saturated heterocycles. The molecule has 0 spiro atoms. The van der Waals surface area contributed by atoms with Gasteiger partial charge in [0, 0.05) is 41.3 Å². The number of aromatic amines is 1. The Morgan fingerprint density at radius 2 is 1.78 bits per heavy atom. The minimum Gasteiger partial charge on any atom is -0.494 e. The summed E-state index contributed by atoms with van der Waals surface area (Å²) in [6.07, 6.45) is 2.26. The number of nitro benzene ring substituents is 1. The lowest BCUT2D eigenvalue weighted by molar-refractivity contribution is -0.384. The minimum absolute atomic E-state index is 0.0356. The van der Waals surface area contributed by atoms with Gasteiger partial charge in [-0.15, -0.1) is 0 Å². The van der Waals surface area contributed by atoms with E-state index in [0.717, 1.165) is 37.2 Å². The average molecular weight is 498 g/mol. The maximum atomic E-state index is 12.7. The van der Waals surface area contributed by atoms with Crippen LogP contribution >= 0.6 is 0 Å². The number of aromatic nitrogens is 1. The van der Waals surface area contributed by atoms with Crippen LogP contribution in [0.1, 0.15) is 24.0 Å². The second kappa shape index (κ2) is 10.2. The highest BCUT2D eigenvalue weighted by Gasteiger charge is 2.21. The van der Waals surface area contributed by atoms with E-state index in [-0.39, 0.29) is 17.5 Å². The van der Waals surface area contributed by atoms with E-state index < -0.39 is 4.92 Å². The molecule has 188 valence electrons. The number of aromatic hydroxyl groups is 1. The van der Waals surface area contributed by atoms with Crippen LogP contribution in [0.3, 0.4) is 0 Å². The van der Waals surface area contributed by atoms with Gasteiger partial charge in [0.15, 0.2) is 5.88 Å². The molecule has 9 nitrogen and oxygen atoms in total. The summed E-state index contributed by atoms with van der Waals surface area (Å²) < 4.78 is 0. The molecule has 1 aliphatic rings. The number of nitro groups is 1. The van der Waals surface area contributed by atoms with Crippen molar-refractivity contribution in [1.29, 1.82) is 0 Å². The number of likely N-dealkylation sites (tertiary alicyclic amines) is 1. The average Bonchev–Trinajstić information content (AvgIpc) is 3.54. The van der Waals surface area contributed by atoms with Crippen molar-refractivity contribution >= 4 is 39.6 Å². The van der Waals surface area contributed by atoms with Gasteiger partial charge in [-0.05, 0) is 56.3 Å². The summed E-state index contributed by atoms with van der Waals surface area (Å²) in [5.74, 6) is -0.0876. The van der Waals surface area contributed by atoms with Crippen LogP contribution in [0.4, 0.5) is 17.1 Å². The zero-order valence-corrected chi connectivity index (χ0v) is 20.4. The summed E-state index contributed by atoms with van der Waals surface area (Å²) in [5.41, 5.74) is 3.45. The Bertz CT molecular complexity index is 1470. The van der Waals surface area contributed by atoms with Gasteiger partial charge in [-0.1, -0.05) is 30.3 Å². The maximum absolute atomic E-state index is 12.7. The second-order valence-corrected chi connectivity index (χ2v) is 9.11. The van der Waals surface area contributed by atoms with E-state index in [4.69, 9.17) is 4.99 Å². The molecule has 9 heteroatoms.